The van der Waals surface area contributed by atoms with Gasteiger partial charge in [0.15, 0.2) is 0 Å². The Labute approximate surface area is 143 Å². The quantitative estimate of drug-likeness (QED) is 0.673. The Morgan fingerprint density at radius 2 is 1.79 bits per heavy atom. The Morgan fingerprint density at radius 1 is 1.21 bits per heavy atom. The van der Waals surface area contributed by atoms with E-state index in [4.69, 9.17) is 0 Å². The summed E-state index contributed by atoms with van der Waals surface area (Å²) in [5.41, 5.74) is 0. The van der Waals surface area contributed by atoms with E-state index in [1.807, 2.05) is 13.8 Å². The van der Waals surface area contributed by atoms with Crippen LogP contribution in [-0.2, 0) is 19.6 Å². The van der Waals surface area contributed by atoms with Gasteiger partial charge in [0, 0.05) is 25.6 Å². The van der Waals surface area contributed by atoms with E-state index in [0.717, 1.165) is 25.7 Å². The monoisotopic (exact) mass is 360 g/mol. The number of amides is 1. The zero-order valence-corrected chi connectivity index (χ0v) is 15.2. The normalized spacial score (nSPS) is 21.0. The van der Waals surface area contributed by atoms with Gasteiger partial charge in [0.05, 0.1) is 5.92 Å². The van der Waals surface area contributed by atoms with Gasteiger partial charge in [-0.25, -0.2) is 13.1 Å². The standard InChI is InChI=1S/C16H28N2O5S/c1-11(2)7-13(16(20)21)8-17-24(22,23)14-9-18(10-14)15(19)12-5-3-4-6-12/h11-14,17H,3-10H2,1-2H3,(H,20,21). The zero-order valence-electron chi connectivity index (χ0n) is 14.4. The van der Waals surface area contributed by atoms with E-state index >= 15 is 0 Å². The van der Waals surface area contributed by atoms with Gasteiger partial charge in [-0.05, 0) is 25.2 Å². The Hall–Kier alpha value is -1.15. The van der Waals surface area contributed by atoms with Crippen LogP contribution in [-0.4, -0.2) is 55.2 Å². The molecule has 1 aliphatic carbocycles. The van der Waals surface area contributed by atoms with Crippen molar-refractivity contribution in [3.63, 3.8) is 0 Å². The van der Waals surface area contributed by atoms with Crippen molar-refractivity contribution in [1.29, 1.82) is 0 Å². The maximum atomic E-state index is 12.3. The number of sulfonamides is 1. The SMILES string of the molecule is CC(C)CC(CNS(=O)(=O)C1CN(C(=O)C2CCCC2)C1)C(=O)O. The van der Waals surface area contributed by atoms with E-state index in [-0.39, 0.29) is 37.4 Å². The van der Waals surface area contributed by atoms with Gasteiger partial charge in [-0.1, -0.05) is 26.7 Å². The smallest absolute Gasteiger partial charge is 0.307 e. The fourth-order valence-corrected chi connectivity index (χ4v) is 4.84. The summed E-state index contributed by atoms with van der Waals surface area (Å²) < 4.78 is 27.0. The molecule has 2 rings (SSSR count). The van der Waals surface area contributed by atoms with Gasteiger partial charge in [0.1, 0.15) is 5.25 Å². The van der Waals surface area contributed by atoms with Crippen molar-refractivity contribution in [3.8, 4) is 0 Å². The highest BCUT2D eigenvalue weighted by molar-refractivity contribution is 7.90. The molecule has 138 valence electrons. The summed E-state index contributed by atoms with van der Waals surface area (Å²) >= 11 is 0. The molecule has 0 aromatic carbocycles. The van der Waals surface area contributed by atoms with Crippen LogP contribution in [0.2, 0.25) is 0 Å². The first-order valence-corrected chi connectivity index (χ1v) is 10.3. The first-order chi connectivity index (χ1) is 11.2. The van der Waals surface area contributed by atoms with Crippen LogP contribution in [0.4, 0.5) is 0 Å². The topological polar surface area (TPSA) is 104 Å². The molecule has 1 saturated heterocycles. The van der Waals surface area contributed by atoms with Crippen molar-refractivity contribution in [1.82, 2.24) is 9.62 Å². The minimum absolute atomic E-state index is 0.0593. The highest BCUT2D eigenvalue weighted by Crippen LogP contribution is 2.29. The van der Waals surface area contributed by atoms with Crippen molar-refractivity contribution < 1.29 is 23.1 Å². The molecule has 0 spiro atoms. The van der Waals surface area contributed by atoms with Crippen LogP contribution in [0.1, 0.15) is 46.0 Å². The number of carboxylic acids is 1. The van der Waals surface area contributed by atoms with Gasteiger partial charge in [-0.2, -0.15) is 0 Å². The number of nitrogens with one attached hydrogen (secondary N) is 1. The van der Waals surface area contributed by atoms with Crippen LogP contribution >= 0.6 is 0 Å². The lowest BCUT2D eigenvalue weighted by atomic mass is 9.98. The second-order valence-electron chi connectivity index (χ2n) is 7.40. The molecule has 8 heteroatoms. The third kappa shape index (κ3) is 4.69. The summed E-state index contributed by atoms with van der Waals surface area (Å²) in [4.78, 5) is 25.0. The fourth-order valence-electron chi connectivity index (χ4n) is 3.42. The summed E-state index contributed by atoms with van der Waals surface area (Å²) in [6.07, 6.45) is 4.37. The predicted octanol–water partition coefficient (Wildman–Crippen LogP) is 1.05. The average molecular weight is 360 g/mol. The van der Waals surface area contributed by atoms with E-state index in [1.54, 1.807) is 4.90 Å². The highest BCUT2D eigenvalue weighted by atomic mass is 32.2. The summed E-state index contributed by atoms with van der Waals surface area (Å²) in [5.74, 6) is -1.40. The third-order valence-corrected chi connectivity index (χ3v) is 6.68. The fraction of sp³-hybridized carbons (Fsp3) is 0.875. The first-order valence-electron chi connectivity index (χ1n) is 8.70. The average Bonchev–Trinajstić information content (AvgIpc) is 2.94. The molecule has 1 unspecified atom stereocenters. The second kappa shape index (κ2) is 7.82. The molecule has 1 saturated carbocycles. The molecule has 0 bridgehead atoms. The number of rotatable bonds is 8. The number of hydrogen-bond donors (Lipinski definition) is 2. The molecule has 2 N–H and O–H groups in total. The van der Waals surface area contributed by atoms with Crippen molar-refractivity contribution in [2.24, 2.45) is 17.8 Å². The molecular formula is C16H28N2O5S. The van der Waals surface area contributed by atoms with Crippen LogP contribution < -0.4 is 4.72 Å². The number of aliphatic carboxylic acids is 1. The van der Waals surface area contributed by atoms with Crippen molar-refractivity contribution in [2.45, 2.75) is 51.2 Å². The van der Waals surface area contributed by atoms with Crippen LogP contribution in [0.15, 0.2) is 0 Å². The maximum absolute atomic E-state index is 12.3. The largest absolute Gasteiger partial charge is 0.481 e. The maximum Gasteiger partial charge on any atom is 0.307 e. The number of likely N-dealkylation sites (tertiary alicyclic amines) is 1. The number of hydrogen-bond acceptors (Lipinski definition) is 4. The predicted molar refractivity (Wildman–Crippen MR) is 89.8 cm³/mol. The zero-order chi connectivity index (χ0) is 17.9. The van der Waals surface area contributed by atoms with Gasteiger partial charge >= 0.3 is 5.97 Å². The minimum atomic E-state index is -3.59. The van der Waals surface area contributed by atoms with Gasteiger partial charge in [-0.15, -0.1) is 0 Å². The lowest BCUT2D eigenvalue weighted by molar-refractivity contribution is -0.142. The van der Waals surface area contributed by atoms with E-state index in [2.05, 4.69) is 4.72 Å². The van der Waals surface area contributed by atoms with Gasteiger partial charge in [0.25, 0.3) is 0 Å². The molecule has 0 aromatic rings. The van der Waals surface area contributed by atoms with Gasteiger partial charge in [0.2, 0.25) is 15.9 Å². The number of nitrogens with zero attached hydrogens (tertiary/aromatic N) is 1. The van der Waals surface area contributed by atoms with Gasteiger partial charge < -0.3 is 10.0 Å². The number of carbonyl (C=O) groups is 2. The Bertz CT molecular complexity index is 563. The molecule has 1 amide bonds. The van der Waals surface area contributed by atoms with Crippen LogP contribution in [0.3, 0.4) is 0 Å². The molecule has 1 heterocycles. The number of carboxylic acid groups (broad SMARTS) is 1. The van der Waals surface area contributed by atoms with Crippen molar-refractivity contribution in [2.75, 3.05) is 19.6 Å². The molecule has 24 heavy (non-hydrogen) atoms. The molecule has 0 radical (unpaired) electrons. The summed E-state index contributed by atoms with van der Waals surface area (Å²) in [6.45, 7) is 4.15. The van der Waals surface area contributed by atoms with E-state index in [1.165, 1.54) is 0 Å². The Balaban J connectivity index is 1.81. The lowest BCUT2D eigenvalue weighted by Crippen LogP contribution is -2.60. The Morgan fingerprint density at radius 3 is 2.29 bits per heavy atom. The van der Waals surface area contributed by atoms with Crippen molar-refractivity contribution in [3.05, 3.63) is 0 Å². The Kier molecular flexibility index (Phi) is 6.25. The van der Waals surface area contributed by atoms with Crippen LogP contribution in [0.5, 0.6) is 0 Å². The second-order valence-corrected chi connectivity index (χ2v) is 9.45. The van der Waals surface area contributed by atoms with Crippen LogP contribution in [0.25, 0.3) is 0 Å². The summed E-state index contributed by atoms with van der Waals surface area (Å²) in [5, 5.41) is 8.55. The summed E-state index contributed by atoms with van der Waals surface area (Å²) in [7, 11) is -3.59. The molecule has 2 aliphatic rings. The molecular weight excluding hydrogens is 332 g/mol. The minimum Gasteiger partial charge on any atom is -0.481 e. The molecule has 1 atom stereocenters. The molecule has 0 aromatic heterocycles. The van der Waals surface area contributed by atoms with E-state index in [9.17, 15) is 23.1 Å². The third-order valence-electron chi connectivity index (χ3n) is 4.94. The van der Waals surface area contributed by atoms with E-state index in [0.29, 0.717) is 6.42 Å². The van der Waals surface area contributed by atoms with Crippen LogP contribution in [0, 0.1) is 17.8 Å². The first kappa shape index (κ1) is 19.2. The molecule has 2 fully saturated rings. The molecule has 1 aliphatic heterocycles. The molecule has 7 nitrogen and oxygen atoms in total. The highest BCUT2D eigenvalue weighted by Gasteiger charge is 2.42. The number of carbonyl (C=O) groups excluding carboxylic acids is 1. The van der Waals surface area contributed by atoms with E-state index < -0.39 is 27.2 Å². The van der Waals surface area contributed by atoms with Crippen molar-refractivity contribution >= 4 is 21.9 Å². The van der Waals surface area contributed by atoms with Gasteiger partial charge in [-0.3, -0.25) is 9.59 Å². The lowest BCUT2D eigenvalue weighted by Gasteiger charge is -2.40. The summed E-state index contributed by atoms with van der Waals surface area (Å²) in [6, 6.07) is 0.